The average Bonchev–Trinajstić information content (AvgIpc) is 2.43. The molecule has 2 atom stereocenters. The molecule has 0 amide bonds. The van der Waals surface area contributed by atoms with Crippen molar-refractivity contribution >= 4 is 0 Å². The molecule has 0 spiro atoms. The SMILES string of the molecule is C=CCCCC(NC)C(OCC)c1ccccc1. The Bertz CT molecular complexity index is 323. The molecule has 2 heteroatoms. The molecule has 1 aromatic carbocycles. The van der Waals surface area contributed by atoms with E-state index in [0.717, 1.165) is 25.9 Å². The molecule has 0 saturated heterocycles. The lowest BCUT2D eigenvalue weighted by Crippen LogP contribution is -2.33. The lowest BCUT2D eigenvalue weighted by atomic mass is 9.97. The van der Waals surface area contributed by atoms with Crippen LogP contribution in [-0.2, 0) is 4.74 Å². The highest BCUT2D eigenvalue weighted by Crippen LogP contribution is 2.24. The molecule has 0 radical (unpaired) electrons. The van der Waals surface area contributed by atoms with Crippen LogP contribution in [0.1, 0.15) is 37.9 Å². The smallest absolute Gasteiger partial charge is 0.0977 e. The lowest BCUT2D eigenvalue weighted by Gasteiger charge is -2.27. The first-order valence-electron chi connectivity index (χ1n) is 6.78. The fourth-order valence-corrected chi connectivity index (χ4v) is 2.20. The van der Waals surface area contributed by atoms with E-state index in [-0.39, 0.29) is 6.10 Å². The highest BCUT2D eigenvalue weighted by Gasteiger charge is 2.21. The third-order valence-corrected chi connectivity index (χ3v) is 3.13. The molecule has 0 aliphatic carbocycles. The minimum absolute atomic E-state index is 0.131. The molecule has 0 aliphatic heterocycles. The Kier molecular flexibility index (Phi) is 7.38. The Morgan fingerprint density at radius 2 is 2.06 bits per heavy atom. The molecule has 18 heavy (non-hydrogen) atoms. The summed E-state index contributed by atoms with van der Waals surface area (Å²) in [6, 6.07) is 10.8. The van der Waals surface area contributed by atoms with Crippen molar-refractivity contribution < 1.29 is 4.74 Å². The summed E-state index contributed by atoms with van der Waals surface area (Å²) in [5, 5.41) is 3.39. The van der Waals surface area contributed by atoms with Crippen molar-refractivity contribution in [1.29, 1.82) is 0 Å². The second kappa shape index (κ2) is 8.90. The topological polar surface area (TPSA) is 21.3 Å². The molecule has 1 aromatic rings. The first-order valence-corrected chi connectivity index (χ1v) is 6.78. The van der Waals surface area contributed by atoms with Crippen LogP contribution in [-0.4, -0.2) is 19.7 Å². The van der Waals surface area contributed by atoms with Crippen LogP contribution in [0.15, 0.2) is 43.0 Å². The van der Waals surface area contributed by atoms with Gasteiger partial charge in [-0.25, -0.2) is 0 Å². The van der Waals surface area contributed by atoms with Gasteiger partial charge in [0, 0.05) is 12.6 Å². The molecule has 0 bridgehead atoms. The highest BCUT2D eigenvalue weighted by atomic mass is 16.5. The van der Waals surface area contributed by atoms with E-state index in [1.807, 2.05) is 26.1 Å². The van der Waals surface area contributed by atoms with Crippen LogP contribution >= 0.6 is 0 Å². The summed E-state index contributed by atoms with van der Waals surface area (Å²) in [4.78, 5) is 0. The van der Waals surface area contributed by atoms with E-state index >= 15 is 0 Å². The lowest BCUT2D eigenvalue weighted by molar-refractivity contribution is 0.0325. The van der Waals surface area contributed by atoms with Gasteiger partial charge in [0.05, 0.1) is 6.10 Å². The molecular formula is C16H25NO. The number of hydrogen-bond donors (Lipinski definition) is 1. The second-order valence-electron chi connectivity index (χ2n) is 4.40. The van der Waals surface area contributed by atoms with E-state index in [2.05, 4.69) is 36.2 Å². The first kappa shape index (κ1) is 14.9. The third kappa shape index (κ3) is 4.63. The van der Waals surface area contributed by atoms with Gasteiger partial charge in [-0.2, -0.15) is 0 Å². The number of nitrogens with one attached hydrogen (secondary N) is 1. The molecule has 2 nitrogen and oxygen atoms in total. The molecule has 0 saturated carbocycles. The van der Waals surface area contributed by atoms with Crippen LogP contribution < -0.4 is 5.32 Å². The zero-order valence-corrected chi connectivity index (χ0v) is 11.6. The number of hydrogen-bond acceptors (Lipinski definition) is 2. The van der Waals surface area contributed by atoms with Gasteiger partial charge in [-0.15, -0.1) is 6.58 Å². The Morgan fingerprint density at radius 1 is 1.33 bits per heavy atom. The summed E-state index contributed by atoms with van der Waals surface area (Å²) < 4.78 is 5.92. The van der Waals surface area contributed by atoms with Gasteiger partial charge in [0.2, 0.25) is 0 Å². The zero-order chi connectivity index (χ0) is 13.2. The average molecular weight is 247 g/mol. The van der Waals surface area contributed by atoms with E-state index in [4.69, 9.17) is 4.74 Å². The maximum atomic E-state index is 5.92. The van der Waals surface area contributed by atoms with E-state index in [1.165, 1.54) is 5.56 Å². The van der Waals surface area contributed by atoms with Crippen LogP contribution in [0, 0.1) is 0 Å². The first-order chi connectivity index (χ1) is 8.83. The number of likely N-dealkylation sites (N-methyl/N-ethyl adjacent to an activating group) is 1. The van der Waals surface area contributed by atoms with E-state index in [0.29, 0.717) is 6.04 Å². The summed E-state index contributed by atoms with van der Waals surface area (Å²) in [5.41, 5.74) is 1.25. The number of unbranched alkanes of at least 4 members (excludes halogenated alkanes) is 1. The number of benzene rings is 1. The zero-order valence-electron chi connectivity index (χ0n) is 11.6. The van der Waals surface area contributed by atoms with Crippen LogP contribution in [0.2, 0.25) is 0 Å². The Labute approximate surface area is 111 Å². The fraction of sp³-hybridized carbons (Fsp3) is 0.500. The molecule has 0 aliphatic rings. The fourth-order valence-electron chi connectivity index (χ4n) is 2.20. The van der Waals surface area contributed by atoms with Crippen molar-refractivity contribution in [3.63, 3.8) is 0 Å². The van der Waals surface area contributed by atoms with Gasteiger partial charge in [0.25, 0.3) is 0 Å². The standard InChI is InChI=1S/C16H25NO/c1-4-6-8-13-15(17-3)16(18-5-2)14-11-9-7-10-12-14/h4,7,9-12,15-17H,1,5-6,8,13H2,2-3H3. The minimum Gasteiger partial charge on any atom is -0.372 e. The Hall–Kier alpha value is -1.12. The molecule has 2 unspecified atom stereocenters. The van der Waals surface area contributed by atoms with E-state index < -0.39 is 0 Å². The molecule has 100 valence electrons. The largest absolute Gasteiger partial charge is 0.372 e. The Morgan fingerprint density at radius 3 is 2.61 bits per heavy atom. The highest BCUT2D eigenvalue weighted by molar-refractivity contribution is 5.19. The van der Waals surface area contributed by atoms with Gasteiger partial charge >= 0.3 is 0 Å². The predicted molar refractivity (Wildman–Crippen MR) is 77.7 cm³/mol. The number of allylic oxidation sites excluding steroid dienone is 1. The molecule has 0 aromatic heterocycles. The molecule has 0 fully saturated rings. The predicted octanol–water partition coefficient (Wildman–Crippen LogP) is 3.71. The Balaban J connectivity index is 2.71. The monoisotopic (exact) mass is 247 g/mol. The van der Waals surface area contributed by atoms with Gasteiger partial charge in [-0.05, 0) is 38.8 Å². The van der Waals surface area contributed by atoms with Gasteiger partial charge in [0.15, 0.2) is 0 Å². The number of rotatable bonds is 9. The van der Waals surface area contributed by atoms with Gasteiger partial charge in [-0.1, -0.05) is 36.4 Å². The van der Waals surface area contributed by atoms with Crippen LogP contribution in [0.4, 0.5) is 0 Å². The van der Waals surface area contributed by atoms with Crippen LogP contribution in [0.3, 0.4) is 0 Å². The van der Waals surface area contributed by atoms with Crippen molar-refractivity contribution in [2.45, 2.75) is 38.3 Å². The van der Waals surface area contributed by atoms with Gasteiger partial charge in [-0.3, -0.25) is 0 Å². The summed E-state index contributed by atoms with van der Waals surface area (Å²) >= 11 is 0. The van der Waals surface area contributed by atoms with Crippen molar-refractivity contribution in [2.24, 2.45) is 0 Å². The van der Waals surface area contributed by atoms with Gasteiger partial charge in [0.1, 0.15) is 0 Å². The molecule has 1 N–H and O–H groups in total. The maximum absolute atomic E-state index is 5.92. The van der Waals surface area contributed by atoms with Crippen molar-refractivity contribution in [3.05, 3.63) is 48.6 Å². The molecular weight excluding hydrogens is 222 g/mol. The van der Waals surface area contributed by atoms with Crippen LogP contribution in [0.5, 0.6) is 0 Å². The normalized spacial score (nSPS) is 14.1. The second-order valence-corrected chi connectivity index (χ2v) is 4.40. The van der Waals surface area contributed by atoms with Crippen molar-refractivity contribution in [1.82, 2.24) is 5.32 Å². The van der Waals surface area contributed by atoms with Crippen LogP contribution in [0.25, 0.3) is 0 Å². The van der Waals surface area contributed by atoms with Gasteiger partial charge < -0.3 is 10.1 Å². The maximum Gasteiger partial charge on any atom is 0.0977 e. The molecule has 0 heterocycles. The molecule has 1 rings (SSSR count). The number of ether oxygens (including phenoxy) is 1. The van der Waals surface area contributed by atoms with Crippen molar-refractivity contribution in [2.75, 3.05) is 13.7 Å². The van der Waals surface area contributed by atoms with Crippen molar-refractivity contribution in [3.8, 4) is 0 Å². The minimum atomic E-state index is 0.131. The van der Waals surface area contributed by atoms with E-state index in [9.17, 15) is 0 Å². The summed E-state index contributed by atoms with van der Waals surface area (Å²) in [5.74, 6) is 0. The summed E-state index contributed by atoms with van der Waals surface area (Å²) in [6.07, 6.45) is 5.41. The quantitative estimate of drug-likeness (QED) is 0.530. The third-order valence-electron chi connectivity index (χ3n) is 3.13. The van der Waals surface area contributed by atoms with E-state index in [1.54, 1.807) is 0 Å². The summed E-state index contributed by atoms with van der Waals surface area (Å²) in [6.45, 7) is 6.55. The summed E-state index contributed by atoms with van der Waals surface area (Å²) in [7, 11) is 2.01.